The molecule has 0 aromatic heterocycles. The molecule has 2 aromatic carbocycles. The Morgan fingerprint density at radius 3 is 2.36 bits per heavy atom. The molecule has 10 heteroatoms. The molecule has 206 valence electrons. The van der Waals surface area contributed by atoms with Crippen LogP contribution in [-0.4, -0.2) is 70.5 Å². The minimum atomic E-state index is -2.13. The number of carbonyl (C=O) groups excluding carboxylic acids is 3. The van der Waals surface area contributed by atoms with Crippen molar-refractivity contribution in [1.82, 2.24) is 4.90 Å². The number of hydrogen-bond acceptors (Lipinski definition) is 8. The Morgan fingerprint density at radius 2 is 1.72 bits per heavy atom. The molecule has 1 saturated heterocycles. The third-order valence-corrected chi connectivity index (χ3v) is 8.23. The fourth-order valence-electron chi connectivity index (χ4n) is 6.40. The summed E-state index contributed by atoms with van der Waals surface area (Å²) in [6.07, 6.45) is 1.82. The Hall–Kier alpha value is -3.89. The first-order valence-corrected chi connectivity index (χ1v) is 12.5. The van der Waals surface area contributed by atoms with E-state index in [9.17, 15) is 14.4 Å². The van der Waals surface area contributed by atoms with Gasteiger partial charge in [0, 0.05) is 31.4 Å². The SMILES string of the molecule is COCO[C@@]12C(=O)N(C)c3cccc(c31)C=C1C(C)(C)N(Cc3ccc(OC)cc3OC)C(=O)[C@]12C(=O)OC. The normalized spacial score (nSPS) is 24.3. The summed E-state index contributed by atoms with van der Waals surface area (Å²) in [6, 6.07) is 10.8. The molecule has 39 heavy (non-hydrogen) atoms. The molecular formula is C29H32N2O8. The van der Waals surface area contributed by atoms with Crippen LogP contribution in [0.3, 0.4) is 0 Å². The van der Waals surface area contributed by atoms with Gasteiger partial charge in [0.25, 0.3) is 5.91 Å². The van der Waals surface area contributed by atoms with Gasteiger partial charge in [-0.05, 0) is 43.2 Å². The standard InChI is InChI=1S/C29H32N2O8/c1-27(2)22-13-17-9-8-10-20-23(17)29(39-16-35-4,25(33)30(20)3)28(22,26(34)38-7)24(32)31(27)15-18-11-12-19(36-5)14-21(18)37-6/h8-14H,15-16H2,1-7H3/t28-,29+/m0/s1. The second-order valence-electron chi connectivity index (χ2n) is 10.3. The predicted octanol–water partition coefficient (Wildman–Crippen LogP) is 2.87. The summed E-state index contributed by atoms with van der Waals surface area (Å²) in [4.78, 5) is 46.2. The van der Waals surface area contributed by atoms with Gasteiger partial charge in [0.15, 0.2) is 0 Å². The first-order valence-electron chi connectivity index (χ1n) is 12.5. The van der Waals surface area contributed by atoms with E-state index >= 15 is 0 Å². The van der Waals surface area contributed by atoms with Crippen molar-refractivity contribution in [1.29, 1.82) is 0 Å². The van der Waals surface area contributed by atoms with E-state index < -0.39 is 34.3 Å². The molecule has 0 bridgehead atoms. The van der Waals surface area contributed by atoms with Gasteiger partial charge in [0.1, 0.15) is 18.3 Å². The minimum absolute atomic E-state index is 0.0860. The van der Waals surface area contributed by atoms with Crippen molar-refractivity contribution in [3.8, 4) is 11.5 Å². The molecule has 0 saturated carbocycles. The van der Waals surface area contributed by atoms with E-state index in [-0.39, 0.29) is 13.3 Å². The Bertz CT molecular complexity index is 1420. The molecule has 5 rings (SSSR count). The zero-order valence-electron chi connectivity index (χ0n) is 23.1. The van der Waals surface area contributed by atoms with E-state index in [0.717, 1.165) is 0 Å². The predicted molar refractivity (Wildman–Crippen MR) is 141 cm³/mol. The van der Waals surface area contributed by atoms with E-state index in [4.69, 9.17) is 23.7 Å². The van der Waals surface area contributed by atoms with Crippen molar-refractivity contribution in [2.75, 3.05) is 47.2 Å². The number of carbonyl (C=O) groups is 3. The van der Waals surface area contributed by atoms with Gasteiger partial charge in [-0.2, -0.15) is 0 Å². The van der Waals surface area contributed by atoms with Crippen LogP contribution in [0.25, 0.3) is 6.08 Å². The Balaban J connectivity index is 1.80. The van der Waals surface area contributed by atoms with Crippen molar-refractivity contribution in [3.63, 3.8) is 0 Å². The molecule has 0 N–H and O–H groups in total. The molecule has 2 aromatic rings. The summed E-state index contributed by atoms with van der Waals surface area (Å²) >= 11 is 0. The Labute approximate surface area is 227 Å². The highest BCUT2D eigenvalue weighted by Crippen LogP contribution is 2.66. The third kappa shape index (κ3) is 3.18. The fraction of sp³-hybridized carbons (Fsp3) is 0.414. The molecule has 3 aliphatic rings. The van der Waals surface area contributed by atoms with Crippen LogP contribution in [0.4, 0.5) is 5.69 Å². The van der Waals surface area contributed by atoms with Gasteiger partial charge in [0.2, 0.25) is 16.9 Å². The lowest BCUT2D eigenvalue weighted by Gasteiger charge is -2.44. The topological polar surface area (TPSA) is 104 Å². The van der Waals surface area contributed by atoms with E-state index in [1.165, 1.54) is 26.2 Å². The first-order chi connectivity index (χ1) is 18.6. The maximum Gasteiger partial charge on any atom is 0.329 e. The number of nitrogens with zero attached hydrogens (tertiary/aromatic N) is 2. The van der Waals surface area contributed by atoms with Crippen molar-refractivity contribution in [2.24, 2.45) is 5.41 Å². The summed E-state index contributed by atoms with van der Waals surface area (Å²) in [5.41, 5.74) is -2.43. The molecule has 2 atom stereocenters. The Morgan fingerprint density at radius 1 is 0.974 bits per heavy atom. The molecule has 10 nitrogen and oxygen atoms in total. The van der Waals surface area contributed by atoms with Crippen LogP contribution in [0.15, 0.2) is 42.0 Å². The van der Waals surface area contributed by atoms with Crippen molar-refractivity contribution < 1.29 is 38.1 Å². The number of rotatable bonds is 8. The van der Waals surface area contributed by atoms with E-state index in [1.54, 1.807) is 43.3 Å². The quantitative estimate of drug-likeness (QED) is 0.288. The van der Waals surface area contributed by atoms with Gasteiger partial charge < -0.3 is 33.5 Å². The maximum absolute atomic E-state index is 14.9. The highest BCUT2D eigenvalue weighted by molar-refractivity contribution is 6.22. The van der Waals surface area contributed by atoms with Crippen molar-refractivity contribution in [2.45, 2.75) is 31.5 Å². The number of hydrogen-bond donors (Lipinski definition) is 0. The van der Waals surface area contributed by atoms with Crippen molar-refractivity contribution >= 4 is 29.5 Å². The minimum Gasteiger partial charge on any atom is -0.497 e. The molecule has 0 spiro atoms. The number of amides is 2. The van der Waals surface area contributed by atoms with Gasteiger partial charge in [-0.3, -0.25) is 14.4 Å². The second kappa shape index (κ2) is 9.10. The van der Waals surface area contributed by atoms with Gasteiger partial charge in [0.05, 0.1) is 39.1 Å². The van der Waals surface area contributed by atoms with Crippen LogP contribution in [0.5, 0.6) is 11.5 Å². The van der Waals surface area contributed by atoms with Crippen LogP contribution < -0.4 is 14.4 Å². The van der Waals surface area contributed by atoms with Gasteiger partial charge in [-0.25, -0.2) is 0 Å². The maximum atomic E-state index is 14.9. The largest absolute Gasteiger partial charge is 0.497 e. The highest BCUT2D eigenvalue weighted by atomic mass is 16.7. The average molecular weight is 537 g/mol. The zero-order chi connectivity index (χ0) is 28.3. The number of benzene rings is 2. The van der Waals surface area contributed by atoms with E-state index in [1.807, 2.05) is 32.1 Å². The average Bonchev–Trinajstić information content (AvgIpc) is 3.27. The number of methoxy groups -OCH3 is 4. The van der Waals surface area contributed by atoms with Gasteiger partial charge in [-0.15, -0.1) is 0 Å². The summed E-state index contributed by atoms with van der Waals surface area (Å²) < 4.78 is 27.8. The van der Waals surface area contributed by atoms with E-state index in [2.05, 4.69) is 0 Å². The van der Waals surface area contributed by atoms with E-state index in [0.29, 0.717) is 39.4 Å². The van der Waals surface area contributed by atoms with Gasteiger partial charge in [-0.1, -0.05) is 18.2 Å². The number of fused-ring (bicyclic) bond motifs is 2. The fourth-order valence-corrected chi connectivity index (χ4v) is 6.40. The molecule has 0 unspecified atom stereocenters. The molecular weight excluding hydrogens is 504 g/mol. The smallest absolute Gasteiger partial charge is 0.329 e. The number of ether oxygens (including phenoxy) is 5. The monoisotopic (exact) mass is 536 g/mol. The lowest BCUT2D eigenvalue weighted by molar-refractivity contribution is -0.204. The summed E-state index contributed by atoms with van der Waals surface area (Å²) in [7, 11) is 7.31. The summed E-state index contributed by atoms with van der Waals surface area (Å²) in [6.45, 7) is 3.45. The van der Waals surface area contributed by atoms with Crippen LogP contribution >= 0.6 is 0 Å². The van der Waals surface area contributed by atoms with Crippen LogP contribution in [0, 0.1) is 5.41 Å². The number of anilines is 1. The van der Waals surface area contributed by atoms with Crippen molar-refractivity contribution in [3.05, 3.63) is 58.7 Å². The molecule has 2 heterocycles. The van der Waals surface area contributed by atoms with Crippen LogP contribution in [0.2, 0.25) is 0 Å². The summed E-state index contributed by atoms with van der Waals surface area (Å²) in [5, 5.41) is 0. The highest BCUT2D eigenvalue weighted by Gasteiger charge is 2.81. The van der Waals surface area contributed by atoms with Crippen LogP contribution in [0.1, 0.15) is 30.5 Å². The molecule has 2 aliphatic heterocycles. The molecule has 1 aliphatic carbocycles. The lowest BCUT2D eigenvalue weighted by atomic mass is 9.58. The summed E-state index contributed by atoms with van der Waals surface area (Å²) in [5.74, 6) is -0.924. The number of esters is 1. The number of likely N-dealkylation sites (N-methyl/N-ethyl adjacent to an activating group) is 1. The van der Waals surface area contributed by atoms with Crippen LogP contribution in [-0.2, 0) is 40.7 Å². The Kier molecular flexibility index (Phi) is 6.23. The first kappa shape index (κ1) is 26.7. The number of likely N-dealkylation sites (tertiary alicyclic amines) is 1. The molecule has 1 fully saturated rings. The lowest BCUT2D eigenvalue weighted by Crippen LogP contribution is -2.63. The second-order valence-corrected chi connectivity index (χ2v) is 10.3. The molecule has 0 radical (unpaired) electrons. The molecule has 2 amide bonds. The third-order valence-electron chi connectivity index (χ3n) is 8.23. The van der Waals surface area contributed by atoms with Gasteiger partial charge >= 0.3 is 5.97 Å². The zero-order valence-corrected chi connectivity index (χ0v) is 23.1.